The molecule has 0 unspecified atom stereocenters. The molecule has 0 radical (unpaired) electrons. The zero-order valence-electron chi connectivity index (χ0n) is 7.65. The molecule has 2 aromatic rings. The summed E-state index contributed by atoms with van der Waals surface area (Å²) in [7, 11) is 0. The first-order valence-electron chi connectivity index (χ1n) is 3.52. The Morgan fingerprint density at radius 1 is 0.692 bits per heavy atom. The summed E-state index contributed by atoms with van der Waals surface area (Å²) in [5, 5.41) is 0. The quantitative estimate of drug-likeness (QED) is 0.461. The van der Waals surface area contributed by atoms with Gasteiger partial charge in [0.05, 0.1) is 0 Å². The second-order valence-electron chi connectivity index (χ2n) is 1.92. The van der Waals surface area contributed by atoms with Crippen LogP contribution in [0.3, 0.4) is 0 Å². The normalized spacial score (nSPS) is 6.69. The van der Waals surface area contributed by atoms with Gasteiger partial charge in [0.2, 0.25) is 0 Å². The van der Waals surface area contributed by atoms with E-state index in [-0.39, 0.29) is 7.43 Å². The van der Waals surface area contributed by atoms with Crippen LogP contribution in [0.25, 0.3) is 0 Å². The fraction of sp³-hybridized carbons (Fsp3) is 0. The number of rotatable bonds is 0. The van der Waals surface area contributed by atoms with Crippen LogP contribution in [0.5, 0.6) is 0 Å². The molecular formula is C11H13FTi. The van der Waals surface area contributed by atoms with Gasteiger partial charge < -0.3 is 7.43 Å². The van der Waals surface area contributed by atoms with Crippen LogP contribution in [-0.2, 0) is 21.0 Å². The number of hydrogen-bond donors (Lipinski definition) is 0. The second-order valence-corrected chi connectivity index (χ2v) is 1.92. The Hall–Kier alpha value is -0.656. The van der Waals surface area contributed by atoms with E-state index in [0.29, 0.717) is 21.0 Å². The molecule has 0 nitrogen and oxygen atoms in total. The zero-order chi connectivity index (χ0) is 9.07. The molecule has 0 heterocycles. The molecule has 0 bridgehead atoms. The van der Waals surface area contributed by atoms with Crippen LogP contribution in [0.1, 0.15) is 0 Å². The first kappa shape index (κ1) is 14.8. The first-order chi connectivity index (χ1) is 6.00. The van der Waals surface area contributed by atoms with Crippen LogP contribution >= 0.6 is 0 Å². The fourth-order valence-electron chi connectivity index (χ4n) is 0.642. The van der Waals surface area contributed by atoms with Crippen molar-refractivity contribution in [1.82, 2.24) is 0 Å². The van der Waals surface area contributed by atoms with Crippen molar-refractivity contribution in [2.75, 3.05) is 0 Å². The van der Waals surface area contributed by atoms with Crippen molar-refractivity contribution in [2.24, 2.45) is 0 Å². The summed E-state index contributed by atoms with van der Waals surface area (Å²) in [6.07, 6.45) is 0. The predicted molar refractivity (Wildman–Crippen MR) is 51.6 cm³/mol. The van der Waals surface area contributed by atoms with Crippen LogP contribution in [0.4, 0.5) is 3.09 Å². The van der Waals surface area contributed by atoms with E-state index in [1.54, 1.807) is 0 Å². The third kappa shape index (κ3) is 11.3. The van der Waals surface area contributed by atoms with Crippen molar-refractivity contribution in [2.45, 2.75) is 0 Å². The average molecular weight is 212 g/mol. The minimum atomic E-state index is 0. The maximum absolute atomic E-state index is 9.50. The number of halogens is 1. The Bertz CT molecular complexity index is 149. The third-order valence-electron chi connectivity index (χ3n) is 1.11. The van der Waals surface area contributed by atoms with Crippen molar-refractivity contribution in [1.29, 1.82) is 0 Å². The van der Waals surface area contributed by atoms with Gasteiger partial charge in [-0.05, 0) is 0 Å². The molecule has 0 fully saturated rings. The van der Waals surface area contributed by atoms with Crippen molar-refractivity contribution in [3.63, 3.8) is 0 Å². The van der Waals surface area contributed by atoms with Gasteiger partial charge in [-0.25, -0.2) is 24.3 Å². The van der Waals surface area contributed by atoms with E-state index in [4.69, 9.17) is 0 Å². The van der Waals surface area contributed by atoms with Crippen molar-refractivity contribution >= 4 is 0 Å². The summed E-state index contributed by atoms with van der Waals surface area (Å²) >= 11 is 0.500. The third-order valence-corrected chi connectivity index (χ3v) is 1.11. The Kier molecular flexibility index (Phi) is 15.9. The summed E-state index contributed by atoms with van der Waals surface area (Å²) in [5.41, 5.74) is 0. The van der Waals surface area contributed by atoms with Gasteiger partial charge in [-0.1, -0.05) is 0 Å². The molecule has 0 saturated carbocycles. The van der Waals surface area contributed by atoms with E-state index in [1.165, 1.54) is 0 Å². The van der Waals surface area contributed by atoms with Gasteiger partial charge in [0.1, 0.15) is 0 Å². The standard InChI is InChI=1S/2C5H5.CH3.FH.Ti/c2*1-2-4-5-3-1;;;/h2*1-5H;1H3;1H;/q3*-1;;+4/p-1. The predicted octanol–water partition coefficient (Wildman–Crippen LogP) is 3.68. The maximum Gasteiger partial charge on any atom is -0.172 e. The fourth-order valence-corrected chi connectivity index (χ4v) is 0.642. The molecule has 0 atom stereocenters. The summed E-state index contributed by atoms with van der Waals surface area (Å²) in [6.45, 7) is 0. The van der Waals surface area contributed by atoms with E-state index in [9.17, 15) is 3.09 Å². The molecule has 0 aliphatic carbocycles. The molecule has 0 amide bonds. The smallest absolute Gasteiger partial charge is 0.172 e. The summed E-state index contributed by atoms with van der Waals surface area (Å²) in [6, 6.07) is 20.0. The molecule has 13 heavy (non-hydrogen) atoms. The molecule has 2 heteroatoms. The van der Waals surface area contributed by atoms with E-state index in [2.05, 4.69) is 0 Å². The topological polar surface area (TPSA) is 0 Å². The van der Waals surface area contributed by atoms with Crippen LogP contribution in [0.2, 0.25) is 0 Å². The van der Waals surface area contributed by atoms with Gasteiger partial charge in [0, 0.05) is 0 Å². The molecule has 2 rings (SSSR count). The average Bonchev–Trinajstić information content (AvgIpc) is 2.87. The Labute approximate surface area is 92.2 Å². The van der Waals surface area contributed by atoms with Crippen molar-refractivity contribution < 1.29 is 24.1 Å². The van der Waals surface area contributed by atoms with Gasteiger partial charge in [-0.2, -0.15) is 36.4 Å². The SMILES string of the molecule is [CH3-].[F][Ti+3].c1cc[cH-]c1.c1cc[cH-]c1. The van der Waals surface area contributed by atoms with Gasteiger partial charge in [0.25, 0.3) is 0 Å². The maximum atomic E-state index is 9.50. The number of hydrogen-bond acceptors (Lipinski definition) is 0. The van der Waals surface area contributed by atoms with E-state index in [0.717, 1.165) is 0 Å². The monoisotopic (exact) mass is 212 g/mol. The Balaban J connectivity index is 0. The first-order valence-corrected chi connectivity index (χ1v) is 4.11. The molecule has 68 valence electrons. The molecule has 0 saturated heterocycles. The van der Waals surface area contributed by atoms with Gasteiger partial charge in [0.15, 0.2) is 0 Å². The molecule has 0 aliphatic heterocycles. The Morgan fingerprint density at radius 3 is 1.00 bits per heavy atom. The molecule has 0 N–H and O–H groups in total. The van der Waals surface area contributed by atoms with Crippen LogP contribution < -0.4 is 0 Å². The zero-order valence-corrected chi connectivity index (χ0v) is 9.21. The van der Waals surface area contributed by atoms with Gasteiger partial charge >= 0.3 is 24.1 Å². The minimum absolute atomic E-state index is 0. The molecule has 2 aromatic carbocycles. The second kappa shape index (κ2) is 13.9. The molecule has 0 aromatic heterocycles. The largest absolute Gasteiger partial charge is 0.214 e. The summed E-state index contributed by atoms with van der Waals surface area (Å²) in [4.78, 5) is 0. The molecular weight excluding hydrogens is 199 g/mol. The minimum Gasteiger partial charge on any atom is -0.214 e. The van der Waals surface area contributed by atoms with Crippen LogP contribution in [-0.4, -0.2) is 0 Å². The van der Waals surface area contributed by atoms with E-state index < -0.39 is 0 Å². The van der Waals surface area contributed by atoms with Gasteiger partial charge in [-0.3, -0.25) is 0 Å². The Morgan fingerprint density at radius 2 is 0.923 bits per heavy atom. The molecule has 0 aliphatic rings. The van der Waals surface area contributed by atoms with Crippen LogP contribution in [0.15, 0.2) is 60.7 Å². The summed E-state index contributed by atoms with van der Waals surface area (Å²) < 4.78 is 9.50. The molecule has 0 spiro atoms. The van der Waals surface area contributed by atoms with Crippen molar-refractivity contribution in [3.8, 4) is 0 Å². The van der Waals surface area contributed by atoms with Crippen LogP contribution in [0, 0.1) is 7.43 Å². The van der Waals surface area contributed by atoms with E-state index >= 15 is 0 Å². The van der Waals surface area contributed by atoms with E-state index in [1.807, 2.05) is 60.7 Å². The summed E-state index contributed by atoms with van der Waals surface area (Å²) in [5.74, 6) is 0. The van der Waals surface area contributed by atoms with Gasteiger partial charge in [-0.15, -0.1) is 0 Å². The van der Waals surface area contributed by atoms with Crippen molar-refractivity contribution in [3.05, 3.63) is 68.1 Å².